The highest BCUT2D eigenvalue weighted by Crippen LogP contribution is 2.54. The number of hydrogen-bond donors (Lipinski definition) is 1. The quantitative estimate of drug-likeness (QED) is 0.866. The number of benzene rings is 1. The molecule has 2 heteroatoms. The number of fused-ring (bicyclic) bond motifs is 1. The zero-order valence-corrected chi connectivity index (χ0v) is 10.7. The summed E-state index contributed by atoms with van der Waals surface area (Å²) in [7, 11) is 2.02. The zero-order valence-electron chi connectivity index (χ0n) is 10.7. The largest absolute Gasteiger partial charge is 0.459 e. The van der Waals surface area contributed by atoms with Gasteiger partial charge in [-0.25, -0.2) is 0 Å². The molecule has 0 saturated heterocycles. The average Bonchev–Trinajstić information content (AvgIpc) is 2.89. The predicted octanol–water partition coefficient (Wildman–Crippen LogP) is 3.80. The van der Waals surface area contributed by atoms with Crippen LogP contribution in [-0.2, 0) is 0 Å². The molecular formula is C15H19NO. The number of hydrogen-bond acceptors (Lipinski definition) is 2. The van der Waals surface area contributed by atoms with Crippen molar-refractivity contribution in [2.24, 2.45) is 5.41 Å². The third-order valence-corrected chi connectivity index (χ3v) is 4.07. The summed E-state index contributed by atoms with van der Waals surface area (Å²) in [6.07, 6.45) is 2.57. The van der Waals surface area contributed by atoms with Gasteiger partial charge in [0.1, 0.15) is 11.3 Å². The van der Waals surface area contributed by atoms with Crippen LogP contribution >= 0.6 is 0 Å². The van der Waals surface area contributed by atoms with Crippen LogP contribution in [0.1, 0.15) is 37.1 Å². The first kappa shape index (κ1) is 10.8. The maximum absolute atomic E-state index is 6.06. The summed E-state index contributed by atoms with van der Waals surface area (Å²) in [6.45, 7) is 4.43. The van der Waals surface area contributed by atoms with Crippen molar-refractivity contribution in [2.45, 2.75) is 32.7 Å². The molecule has 0 bridgehead atoms. The van der Waals surface area contributed by atoms with Crippen molar-refractivity contribution in [3.05, 3.63) is 35.6 Å². The summed E-state index contributed by atoms with van der Waals surface area (Å²) in [4.78, 5) is 0. The molecule has 90 valence electrons. The molecule has 0 radical (unpaired) electrons. The molecule has 1 atom stereocenters. The third kappa shape index (κ3) is 1.67. The summed E-state index contributed by atoms with van der Waals surface area (Å²) < 4.78 is 6.06. The molecule has 1 saturated carbocycles. The Hall–Kier alpha value is -1.28. The fourth-order valence-electron chi connectivity index (χ4n) is 2.69. The van der Waals surface area contributed by atoms with E-state index >= 15 is 0 Å². The standard InChI is InChI=1S/C15H19NO/c1-10-5-4-6-11-9-12(17-13(10)11)14(16-3)15(2)7-8-15/h4-6,9,14,16H,7-8H2,1-3H3. The molecule has 0 amide bonds. The van der Waals surface area contributed by atoms with Gasteiger partial charge < -0.3 is 9.73 Å². The van der Waals surface area contributed by atoms with E-state index in [1.165, 1.54) is 23.8 Å². The number of aryl methyl sites for hydroxylation is 1. The second-order valence-electron chi connectivity index (χ2n) is 5.52. The Morgan fingerprint density at radius 1 is 1.35 bits per heavy atom. The molecule has 1 aromatic carbocycles. The SMILES string of the molecule is CNC(c1cc2cccc(C)c2o1)C1(C)CC1. The van der Waals surface area contributed by atoms with Gasteiger partial charge in [-0.1, -0.05) is 25.1 Å². The van der Waals surface area contributed by atoms with Crippen LogP contribution in [0.5, 0.6) is 0 Å². The number of rotatable bonds is 3. The van der Waals surface area contributed by atoms with Gasteiger partial charge in [-0.3, -0.25) is 0 Å². The lowest BCUT2D eigenvalue weighted by molar-refractivity contribution is 0.333. The van der Waals surface area contributed by atoms with Gasteiger partial charge in [0.05, 0.1) is 6.04 Å². The maximum Gasteiger partial charge on any atom is 0.137 e. The molecule has 1 aliphatic carbocycles. The minimum absolute atomic E-state index is 0.342. The molecule has 2 nitrogen and oxygen atoms in total. The van der Waals surface area contributed by atoms with E-state index < -0.39 is 0 Å². The Morgan fingerprint density at radius 3 is 2.71 bits per heavy atom. The van der Waals surface area contributed by atoms with Crippen LogP contribution in [0.2, 0.25) is 0 Å². The Labute approximate surface area is 102 Å². The van der Waals surface area contributed by atoms with Crippen LogP contribution < -0.4 is 5.32 Å². The van der Waals surface area contributed by atoms with Gasteiger partial charge in [-0.05, 0) is 43.9 Å². The maximum atomic E-state index is 6.06. The fraction of sp³-hybridized carbons (Fsp3) is 0.467. The topological polar surface area (TPSA) is 25.2 Å². The molecule has 2 aromatic rings. The van der Waals surface area contributed by atoms with Crippen LogP contribution in [0, 0.1) is 12.3 Å². The van der Waals surface area contributed by atoms with E-state index in [-0.39, 0.29) is 0 Å². The summed E-state index contributed by atoms with van der Waals surface area (Å²) in [5, 5.41) is 4.62. The Kier molecular flexibility index (Phi) is 2.30. The highest BCUT2D eigenvalue weighted by Gasteiger charge is 2.46. The molecule has 1 N–H and O–H groups in total. The summed E-state index contributed by atoms with van der Waals surface area (Å²) in [5.74, 6) is 1.08. The van der Waals surface area contributed by atoms with E-state index in [1.807, 2.05) is 7.05 Å². The highest BCUT2D eigenvalue weighted by atomic mass is 16.3. The second-order valence-corrected chi connectivity index (χ2v) is 5.52. The van der Waals surface area contributed by atoms with E-state index in [0.29, 0.717) is 11.5 Å². The first-order valence-corrected chi connectivity index (χ1v) is 6.30. The first-order valence-electron chi connectivity index (χ1n) is 6.30. The first-order chi connectivity index (χ1) is 8.14. The van der Waals surface area contributed by atoms with Gasteiger partial charge in [0.15, 0.2) is 0 Å². The van der Waals surface area contributed by atoms with E-state index in [2.05, 4.69) is 43.4 Å². The molecule has 3 rings (SSSR count). The molecule has 1 aromatic heterocycles. The van der Waals surface area contributed by atoms with E-state index in [9.17, 15) is 0 Å². The molecule has 0 spiro atoms. The molecular weight excluding hydrogens is 210 g/mol. The van der Waals surface area contributed by atoms with Crippen LogP contribution in [0.15, 0.2) is 28.7 Å². The van der Waals surface area contributed by atoms with Crippen molar-refractivity contribution >= 4 is 11.0 Å². The van der Waals surface area contributed by atoms with Crippen LogP contribution in [-0.4, -0.2) is 7.05 Å². The van der Waals surface area contributed by atoms with Gasteiger partial charge in [0.25, 0.3) is 0 Å². The van der Waals surface area contributed by atoms with E-state index in [0.717, 1.165) is 11.3 Å². The van der Waals surface area contributed by atoms with Gasteiger partial charge >= 0.3 is 0 Å². The van der Waals surface area contributed by atoms with Crippen LogP contribution in [0.4, 0.5) is 0 Å². The monoisotopic (exact) mass is 229 g/mol. The van der Waals surface area contributed by atoms with Gasteiger partial charge in [0.2, 0.25) is 0 Å². The number of para-hydroxylation sites is 1. The Bertz CT molecular complexity index is 551. The van der Waals surface area contributed by atoms with Crippen LogP contribution in [0.3, 0.4) is 0 Å². The summed E-state index contributed by atoms with van der Waals surface area (Å²) in [6, 6.07) is 8.84. The van der Waals surface area contributed by atoms with Gasteiger partial charge in [-0.15, -0.1) is 0 Å². The second kappa shape index (κ2) is 3.61. The Balaban J connectivity index is 2.08. The fourth-order valence-corrected chi connectivity index (χ4v) is 2.69. The number of nitrogens with one attached hydrogen (secondary N) is 1. The molecule has 0 aliphatic heterocycles. The summed E-state index contributed by atoms with van der Waals surface area (Å²) in [5.41, 5.74) is 2.63. The van der Waals surface area contributed by atoms with Crippen molar-refractivity contribution in [3.63, 3.8) is 0 Å². The molecule has 1 unspecified atom stereocenters. The minimum Gasteiger partial charge on any atom is -0.459 e. The predicted molar refractivity (Wildman–Crippen MR) is 70.1 cm³/mol. The normalized spacial score (nSPS) is 19.5. The molecule has 1 aliphatic rings. The van der Waals surface area contributed by atoms with Crippen LogP contribution in [0.25, 0.3) is 11.0 Å². The summed E-state index contributed by atoms with van der Waals surface area (Å²) >= 11 is 0. The number of furan rings is 1. The molecule has 17 heavy (non-hydrogen) atoms. The van der Waals surface area contributed by atoms with Crippen molar-refractivity contribution in [1.29, 1.82) is 0 Å². The minimum atomic E-state index is 0.342. The lowest BCUT2D eigenvalue weighted by Crippen LogP contribution is -2.23. The highest BCUT2D eigenvalue weighted by molar-refractivity contribution is 5.81. The van der Waals surface area contributed by atoms with E-state index in [4.69, 9.17) is 4.42 Å². The van der Waals surface area contributed by atoms with Crippen molar-refractivity contribution in [3.8, 4) is 0 Å². The van der Waals surface area contributed by atoms with Crippen molar-refractivity contribution < 1.29 is 4.42 Å². The third-order valence-electron chi connectivity index (χ3n) is 4.07. The lowest BCUT2D eigenvalue weighted by Gasteiger charge is -2.20. The average molecular weight is 229 g/mol. The van der Waals surface area contributed by atoms with Crippen molar-refractivity contribution in [2.75, 3.05) is 7.05 Å². The van der Waals surface area contributed by atoms with Gasteiger partial charge in [-0.2, -0.15) is 0 Å². The zero-order chi connectivity index (χ0) is 12.0. The molecule has 1 fully saturated rings. The van der Waals surface area contributed by atoms with Crippen molar-refractivity contribution in [1.82, 2.24) is 5.32 Å². The van der Waals surface area contributed by atoms with Gasteiger partial charge in [0, 0.05) is 5.39 Å². The molecule has 1 heterocycles. The smallest absolute Gasteiger partial charge is 0.137 e. The Morgan fingerprint density at radius 2 is 2.12 bits per heavy atom. The lowest BCUT2D eigenvalue weighted by atomic mass is 9.96. The van der Waals surface area contributed by atoms with E-state index in [1.54, 1.807) is 0 Å².